The van der Waals surface area contributed by atoms with E-state index in [0.29, 0.717) is 0 Å². The second-order valence-corrected chi connectivity index (χ2v) is 6.19. The summed E-state index contributed by atoms with van der Waals surface area (Å²) >= 11 is 0. The van der Waals surface area contributed by atoms with E-state index in [2.05, 4.69) is 50.1 Å². The zero-order valence-electron chi connectivity index (χ0n) is 13.3. The number of rotatable bonds is 5. The van der Waals surface area contributed by atoms with Crippen molar-refractivity contribution in [3.8, 4) is 11.5 Å². The van der Waals surface area contributed by atoms with E-state index in [-0.39, 0.29) is 5.54 Å². The van der Waals surface area contributed by atoms with E-state index in [1.807, 2.05) is 24.4 Å². The van der Waals surface area contributed by atoms with Gasteiger partial charge in [0, 0.05) is 30.0 Å². The van der Waals surface area contributed by atoms with Crippen molar-refractivity contribution in [2.75, 3.05) is 0 Å². The molecule has 0 aliphatic heterocycles. The number of hydrogen-bond donors (Lipinski definition) is 1. The Morgan fingerprint density at radius 1 is 1.10 bits per heavy atom. The third kappa shape index (κ3) is 4.87. The largest absolute Gasteiger partial charge is 0.457 e. The quantitative estimate of drug-likeness (QED) is 0.887. The molecule has 3 nitrogen and oxygen atoms in total. The van der Waals surface area contributed by atoms with Gasteiger partial charge in [0.05, 0.1) is 0 Å². The fourth-order valence-corrected chi connectivity index (χ4v) is 1.93. The summed E-state index contributed by atoms with van der Waals surface area (Å²) in [7, 11) is 0. The molecular formula is C18H24N2O. The van der Waals surface area contributed by atoms with Crippen LogP contribution in [0.4, 0.5) is 0 Å². The number of benzene rings is 1. The summed E-state index contributed by atoms with van der Waals surface area (Å²) in [5.41, 5.74) is 2.44. The molecule has 112 valence electrons. The molecule has 1 N–H and O–H groups in total. The van der Waals surface area contributed by atoms with Gasteiger partial charge in [-0.3, -0.25) is 4.98 Å². The molecule has 0 atom stereocenters. The Morgan fingerprint density at radius 2 is 1.81 bits per heavy atom. The molecule has 1 heterocycles. The Hall–Kier alpha value is -1.87. The van der Waals surface area contributed by atoms with Gasteiger partial charge in [-0.2, -0.15) is 0 Å². The second-order valence-electron chi connectivity index (χ2n) is 6.19. The third-order valence-corrected chi connectivity index (χ3v) is 3.23. The van der Waals surface area contributed by atoms with Gasteiger partial charge in [0.15, 0.2) is 0 Å². The van der Waals surface area contributed by atoms with Crippen LogP contribution < -0.4 is 10.1 Å². The topological polar surface area (TPSA) is 34.1 Å². The van der Waals surface area contributed by atoms with Crippen LogP contribution >= 0.6 is 0 Å². The molecule has 1 aromatic heterocycles. The number of nitrogens with zero attached hydrogens (tertiary/aromatic N) is 1. The monoisotopic (exact) mass is 284 g/mol. The third-order valence-electron chi connectivity index (χ3n) is 3.23. The summed E-state index contributed by atoms with van der Waals surface area (Å²) in [4.78, 5) is 4.20. The zero-order valence-corrected chi connectivity index (χ0v) is 13.3. The number of hydrogen-bond acceptors (Lipinski definition) is 3. The fourth-order valence-electron chi connectivity index (χ4n) is 1.93. The highest BCUT2D eigenvalue weighted by molar-refractivity contribution is 5.36. The average molecular weight is 284 g/mol. The van der Waals surface area contributed by atoms with Crippen molar-refractivity contribution in [2.24, 2.45) is 0 Å². The lowest BCUT2D eigenvalue weighted by molar-refractivity contribution is 0.413. The highest BCUT2D eigenvalue weighted by Gasteiger charge is 2.11. The molecule has 2 aromatic rings. The van der Waals surface area contributed by atoms with Gasteiger partial charge in [-0.25, -0.2) is 0 Å². The van der Waals surface area contributed by atoms with Crippen molar-refractivity contribution in [3.05, 3.63) is 53.9 Å². The summed E-state index contributed by atoms with van der Waals surface area (Å²) in [5.74, 6) is 1.71. The smallest absolute Gasteiger partial charge is 0.134 e. The minimum atomic E-state index is 0.0654. The second kappa shape index (κ2) is 6.72. The van der Waals surface area contributed by atoms with Crippen molar-refractivity contribution >= 4 is 0 Å². The molecule has 21 heavy (non-hydrogen) atoms. The van der Waals surface area contributed by atoms with E-state index in [1.54, 1.807) is 6.20 Å². The molecule has 0 saturated carbocycles. The zero-order chi connectivity index (χ0) is 15.3. The van der Waals surface area contributed by atoms with Gasteiger partial charge in [0.1, 0.15) is 11.5 Å². The van der Waals surface area contributed by atoms with Gasteiger partial charge in [0.2, 0.25) is 0 Å². The van der Waals surface area contributed by atoms with Crippen molar-refractivity contribution in [2.45, 2.75) is 46.2 Å². The summed E-state index contributed by atoms with van der Waals surface area (Å²) in [6.07, 6.45) is 4.65. The molecule has 0 saturated heterocycles. The van der Waals surface area contributed by atoms with Crippen LogP contribution in [0.3, 0.4) is 0 Å². The molecule has 1 aromatic carbocycles. The minimum Gasteiger partial charge on any atom is -0.457 e. The Balaban J connectivity index is 2.11. The van der Waals surface area contributed by atoms with Gasteiger partial charge in [-0.05, 0) is 51.0 Å². The molecular weight excluding hydrogens is 260 g/mol. The lowest BCUT2D eigenvalue weighted by atomic mass is 10.1. The molecule has 0 bridgehead atoms. The highest BCUT2D eigenvalue weighted by atomic mass is 16.5. The first-order chi connectivity index (χ1) is 9.98. The van der Waals surface area contributed by atoms with Crippen LogP contribution in [0.25, 0.3) is 0 Å². The van der Waals surface area contributed by atoms with Crippen LogP contribution in [-0.2, 0) is 13.0 Å². The summed E-state index contributed by atoms with van der Waals surface area (Å²) in [6.45, 7) is 9.32. The van der Waals surface area contributed by atoms with Crippen molar-refractivity contribution in [1.82, 2.24) is 10.3 Å². The van der Waals surface area contributed by atoms with E-state index >= 15 is 0 Å². The Bertz CT molecular complexity index is 571. The molecule has 0 unspecified atom stereocenters. The van der Waals surface area contributed by atoms with E-state index < -0.39 is 0 Å². The maximum absolute atomic E-state index is 5.99. The first-order valence-corrected chi connectivity index (χ1v) is 7.42. The molecule has 0 fully saturated rings. The number of aromatic nitrogens is 1. The molecule has 3 heteroatoms. The summed E-state index contributed by atoms with van der Waals surface area (Å²) in [6, 6.07) is 10.1. The molecule has 2 rings (SSSR count). The maximum Gasteiger partial charge on any atom is 0.134 e. The van der Waals surface area contributed by atoms with Gasteiger partial charge < -0.3 is 10.1 Å². The first kappa shape index (κ1) is 15.5. The van der Waals surface area contributed by atoms with Crippen LogP contribution in [0, 0.1) is 0 Å². The van der Waals surface area contributed by atoms with E-state index in [1.165, 1.54) is 5.56 Å². The molecule has 0 aliphatic carbocycles. The normalized spacial score (nSPS) is 11.4. The van der Waals surface area contributed by atoms with E-state index in [4.69, 9.17) is 4.74 Å². The Kier molecular flexibility index (Phi) is 4.97. The molecule has 0 aliphatic rings. The number of pyridine rings is 1. The van der Waals surface area contributed by atoms with E-state index in [9.17, 15) is 0 Å². The van der Waals surface area contributed by atoms with Crippen LogP contribution in [-0.4, -0.2) is 10.5 Å². The number of aryl methyl sites for hydroxylation is 1. The summed E-state index contributed by atoms with van der Waals surface area (Å²) < 4.78 is 5.99. The van der Waals surface area contributed by atoms with Crippen molar-refractivity contribution < 1.29 is 4.74 Å². The standard InChI is InChI=1S/C18H24N2O/c1-5-14-6-8-16(9-7-14)21-17-10-11-19-12-15(17)13-20-18(2,3)4/h6-12,20H,5,13H2,1-4H3. The Labute approximate surface area is 127 Å². The van der Waals surface area contributed by atoms with Gasteiger partial charge in [-0.15, -0.1) is 0 Å². The van der Waals surface area contributed by atoms with Crippen LogP contribution in [0.5, 0.6) is 11.5 Å². The highest BCUT2D eigenvalue weighted by Crippen LogP contribution is 2.25. The molecule has 0 radical (unpaired) electrons. The first-order valence-electron chi connectivity index (χ1n) is 7.42. The predicted molar refractivity (Wildman–Crippen MR) is 86.7 cm³/mol. The van der Waals surface area contributed by atoms with Crippen LogP contribution in [0.2, 0.25) is 0 Å². The number of nitrogens with one attached hydrogen (secondary N) is 1. The van der Waals surface area contributed by atoms with Crippen molar-refractivity contribution in [1.29, 1.82) is 0 Å². The van der Waals surface area contributed by atoms with Gasteiger partial charge >= 0.3 is 0 Å². The molecule has 0 amide bonds. The number of ether oxygens (including phenoxy) is 1. The summed E-state index contributed by atoms with van der Waals surface area (Å²) in [5, 5.41) is 3.46. The van der Waals surface area contributed by atoms with Gasteiger partial charge in [0.25, 0.3) is 0 Å². The fraction of sp³-hybridized carbons (Fsp3) is 0.389. The van der Waals surface area contributed by atoms with Crippen molar-refractivity contribution in [3.63, 3.8) is 0 Å². The molecule has 0 spiro atoms. The predicted octanol–water partition coefficient (Wildman–Crippen LogP) is 4.32. The SMILES string of the molecule is CCc1ccc(Oc2ccncc2CNC(C)(C)C)cc1. The van der Waals surface area contributed by atoms with Crippen LogP contribution in [0.15, 0.2) is 42.7 Å². The van der Waals surface area contributed by atoms with Gasteiger partial charge in [-0.1, -0.05) is 19.1 Å². The maximum atomic E-state index is 5.99. The van der Waals surface area contributed by atoms with E-state index in [0.717, 1.165) is 30.0 Å². The minimum absolute atomic E-state index is 0.0654. The lowest BCUT2D eigenvalue weighted by Crippen LogP contribution is -2.35. The Morgan fingerprint density at radius 3 is 2.43 bits per heavy atom. The van der Waals surface area contributed by atoms with Crippen LogP contribution in [0.1, 0.15) is 38.8 Å². The lowest BCUT2D eigenvalue weighted by Gasteiger charge is -2.21. The average Bonchev–Trinajstić information content (AvgIpc) is 2.46.